The molecule has 0 spiro atoms. The second kappa shape index (κ2) is 2.78. The predicted molar refractivity (Wildman–Crippen MR) is 37.9 cm³/mol. The zero-order valence-corrected chi connectivity index (χ0v) is 5.63. The monoisotopic (exact) mass is 125 g/mol. The van der Waals surface area contributed by atoms with Gasteiger partial charge in [0.05, 0.1) is 19.3 Å². The number of hydrogen-bond acceptors (Lipinski definition) is 2. The number of aliphatic imine (C=N–C) groups is 1. The Labute approximate surface area is 55.2 Å². The average molecular weight is 125 g/mol. The molecule has 50 valence electrons. The molecule has 0 radical (unpaired) electrons. The molecule has 0 aromatic carbocycles. The van der Waals surface area contributed by atoms with Crippen molar-refractivity contribution in [3.05, 3.63) is 12.2 Å². The van der Waals surface area contributed by atoms with E-state index in [-0.39, 0.29) is 0 Å². The van der Waals surface area contributed by atoms with Crippen molar-refractivity contribution in [2.24, 2.45) is 4.99 Å². The number of hydrogen-bond donors (Lipinski definition) is 0. The maximum absolute atomic E-state index is 4.92. The Hall–Kier alpha value is -0.630. The third-order valence-corrected chi connectivity index (χ3v) is 1.13. The quantitative estimate of drug-likeness (QED) is 0.505. The number of rotatable bonds is 2. The molecule has 0 unspecified atom stereocenters. The van der Waals surface area contributed by atoms with Gasteiger partial charge in [0.2, 0.25) is 0 Å². The third kappa shape index (κ3) is 1.98. The Balaban J connectivity index is 2.22. The SMILES string of the molecule is C=C(C)C=NC1COC1. The molecule has 1 saturated heterocycles. The summed E-state index contributed by atoms with van der Waals surface area (Å²) in [6.07, 6.45) is 1.80. The predicted octanol–water partition coefficient (Wildman–Crippen LogP) is 1.03. The average Bonchev–Trinajstić information content (AvgIpc) is 1.60. The van der Waals surface area contributed by atoms with E-state index in [1.165, 1.54) is 0 Å². The van der Waals surface area contributed by atoms with Crippen LogP contribution >= 0.6 is 0 Å². The van der Waals surface area contributed by atoms with Crippen LogP contribution in [-0.2, 0) is 4.74 Å². The van der Waals surface area contributed by atoms with Gasteiger partial charge in [-0.3, -0.25) is 4.99 Å². The number of allylic oxidation sites excluding steroid dienone is 1. The van der Waals surface area contributed by atoms with Crippen molar-refractivity contribution in [1.29, 1.82) is 0 Å². The molecule has 1 rings (SSSR count). The highest BCUT2D eigenvalue weighted by molar-refractivity contribution is 5.76. The lowest BCUT2D eigenvalue weighted by Gasteiger charge is -2.21. The van der Waals surface area contributed by atoms with Crippen molar-refractivity contribution in [3.63, 3.8) is 0 Å². The van der Waals surface area contributed by atoms with E-state index in [0.29, 0.717) is 6.04 Å². The molecule has 0 amide bonds. The molecule has 0 bridgehead atoms. The second-order valence-corrected chi connectivity index (χ2v) is 2.32. The zero-order valence-electron chi connectivity index (χ0n) is 5.63. The highest BCUT2D eigenvalue weighted by Gasteiger charge is 2.15. The summed E-state index contributed by atoms with van der Waals surface area (Å²) in [5.41, 5.74) is 1.00. The van der Waals surface area contributed by atoms with Gasteiger partial charge in [-0.15, -0.1) is 0 Å². The molecule has 9 heavy (non-hydrogen) atoms. The van der Waals surface area contributed by atoms with E-state index < -0.39 is 0 Å². The first-order chi connectivity index (χ1) is 4.29. The maximum atomic E-state index is 4.92. The van der Waals surface area contributed by atoms with E-state index in [1.807, 2.05) is 6.92 Å². The summed E-state index contributed by atoms with van der Waals surface area (Å²) in [6, 6.07) is 0.404. The van der Waals surface area contributed by atoms with E-state index >= 15 is 0 Å². The van der Waals surface area contributed by atoms with Gasteiger partial charge in [-0.25, -0.2) is 0 Å². The van der Waals surface area contributed by atoms with Crippen molar-refractivity contribution >= 4 is 6.21 Å². The molecule has 0 atom stereocenters. The molecule has 0 saturated carbocycles. The molecule has 1 heterocycles. The summed E-state index contributed by atoms with van der Waals surface area (Å²) in [4.78, 5) is 4.18. The van der Waals surface area contributed by atoms with E-state index in [4.69, 9.17) is 4.74 Å². The van der Waals surface area contributed by atoms with Crippen LogP contribution in [-0.4, -0.2) is 25.5 Å². The smallest absolute Gasteiger partial charge is 0.0965 e. The molecule has 1 fully saturated rings. The lowest BCUT2D eigenvalue weighted by Crippen LogP contribution is -2.31. The van der Waals surface area contributed by atoms with Crippen LogP contribution in [0, 0.1) is 0 Å². The molecule has 0 aliphatic carbocycles. The van der Waals surface area contributed by atoms with E-state index in [2.05, 4.69) is 11.6 Å². The van der Waals surface area contributed by atoms with Gasteiger partial charge in [0, 0.05) is 6.21 Å². The van der Waals surface area contributed by atoms with Gasteiger partial charge in [0.15, 0.2) is 0 Å². The number of ether oxygens (including phenoxy) is 1. The van der Waals surface area contributed by atoms with Gasteiger partial charge in [0.1, 0.15) is 0 Å². The molecule has 1 aliphatic heterocycles. The molecule has 0 N–H and O–H groups in total. The van der Waals surface area contributed by atoms with E-state index in [0.717, 1.165) is 18.8 Å². The van der Waals surface area contributed by atoms with Crippen molar-refractivity contribution < 1.29 is 4.74 Å². The Morgan fingerprint density at radius 2 is 2.44 bits per heavy atom. The first kappa shape index (κ1) is 6.49. The second-order valence-electron chi connectivity index (χ2n) is 2.32. The lowest BCUT2D eigenvalue weighted by molar-refractivity contribution is 0.0135. The largest absolute Gasteiger partial charge is 0.377 e. The fourth-order valence-electron chi connectivity index (χ4n) is 0.542. The minimum absolute atomic E-state index is 0.404. The van der Waals surface area contributed by atoms with Crippen molar-refractivity contribution in [1.82, 2.24) is 0 Å². The highest BCUT2D eigenvalue weighted by atomic mass is 16.5. The van der Waals surface area contributed by atoms with Gasteiger partial charge in [-0.2, -0.15) is 0 Å². The molecule has 2 nitrogen and oxygen atoms in total. The summed E-state index contributed by atoms with van der Waals surface area (Å²) in [5, 5.41) is 0. The summed E-state index contributed by atoms with van der Waals surface area (Å²) >= 11 is 0. The Bertz CT molecular complexity index is 136. The van der Waals surface area contributed by atoms with Crippen LogP contribution in [0.5, 0.6) is 0 Å². The summed E-state index contributed by atoms with van der Waals surface area (Å²) in [5.74, 6) is 0. The van der Waals surface area contributed by atoms with Crippen LogP contribution in [0.1, 0.15) is 6.92 Å². The van der Waals surface area contributed by atoms with Crippen LogP contribution in [0.2, 0.25) is 0 Å². The molecule has 2 heteroatoms. The van der Waals surface area contributed by atoms with Crippen molar-refractivity contribution in [2.45, 2.75) is 13.0 Å². The fraction of sp³-hybridized carbons (Fsp3) is 0.571. The van der Waals surface area contributed by atoms with Gasteiger partial charge in [0.25, 0.3) is 0 Å². The zero-order chi connectivity index (χ0) is 6.69. The van der Waals surface area contributed by atoms with Crippen LogP contribution in [0.25, 0.3) is 0 Å². The fourth-order valence-corrected chi connectivity index (χ4v) is 0.542. The maximum Gasteiger partial charge on any atom is 0.0965 e. The van der Waals surface area contributed by atoms with E-state index in [1.54, 1.807) is 6.21 Å². The highest BCUT2D eigenvalue weighted by Crippen LogP contribution is 2.03. The van der Waals surface area contributed by atoms with Crippen LogP contribution < -0.4 is 0 Å². The summed E-state index contributed by atoms with van der Waals surface area (Å²) < 4.78 is 4.92. The lowest BCUT2D eigenvalue weighted by atomic mass is 10.3. The Morgan fingerprint density at radius 3 is 2.78 bits per heavy atom. The van der Waals surface area contributed by atoms with Crippen LogP contribution in [0.15, 0.2) is 17.1 Å². The third-order valence-electron chi connectivity index (χ3n) is 1.13. The topological polar surface area (TPSA) is 21.6 Å². The van der Waals surface area contributed by atoms with Gasteiger partial charge in [-0.1, -0.05) is 6.58 Å². The molecule has 0 aromatic heterocycles. The van der Waals surface area contributed by atoms with Gasteiger partial charge >= 0.3 is 0 Å². The Morgan fingerprint density at radius 1 is 1.78 bits per heavy atom. The minimum atomic E-state index is 0.404. The van der Waals surface area contributed by atoms with Crippen molar-refractivity contribution in [3.8, 4) is 0 Å². The molecular formula is C7H11NO. The van der Waals surface area contributed by atoms with Crippen molar-refractivity contribution in [2.75, 3.05) is 13.2 Å². The minimum Gasteiger partial charge on any atom is -0.377 e. The first-order valence-corrected chi connectivity index (χ1v) is 3.05. The molecule has 0 aromatic rings. The summed E-state index contributed by atoms with van der Waals surface area (Å²) in [7, 11) is 0. The standard InChI is InChI=1S/C7H11NO/c1-6(2)3-8-7-4-9-5-7/h3,7H,1,4-5H2,2H3. The molecular weight excluding hydrogens is 114 g/mol. The van der Waals surface area contributed by atoms with Gasteiger partial charge < -0.3 is 4.74 Å². The number of nitrogens with zero attached hydrogens (tertiary/aromatic N) is 1. The summed E-state index contributed by atoms with van der Waals surface area (Å²) in [6.45, 7) is 7.19. The van der Waals surface area contributed by atoms with E-state index in [9.17, 15) is 0 Å². The van der Waals surface area contributed by atoms with Crippen LogP contribution in [0.3, 0.4) is 0 Å². The van der Waals surface area contributed by atoms with Crippen LogP contribution in [0.4, 0.5) is 0 Å². The van der Waals surface area contributed by atoms with Gasteiger partial charge in [-0.05, 0) is 12.5 Å². The Kier molecular flexibility index (Phi) is 2.01. The molecule has 1 aliphatic rings. The normalized spacial score (nSPS) is 20.1. The first-order valence-electron chi connectivity index (χ1n) is 3.05.